The third-order valence-corrected chi connectivity index (χ3v) is 9.11. The second-order valence-electron chi connectivity index (χ2n) is 12.9. The number of carbonyl (C=O) groups excluding carboxylic acids is 5. The van der Waals surface area contributed by atoms with Crippen LogP contribution >= 0.6 is 0 Å². The van der Waals surface area contributed by atoms with Gasteiger partial charge in [-0.3, -0.25) is 4.79 Å². The van der Waals surface area contributed by atoms with Crippen LogP contribution in [0, 0.1) is 0 Å². The zero-order chi connectivity index (χ0) is 38.3. The average molecular weight is 732 g/mol. The zero-order valence-electron chi connectivity index (χ0n) is 30.4. The summed E-state index contributed by atoms with van der Waals surface area (Å²) in [6.07, 6.45) is 8.64. The molecule has 0 saturated carbocycles. The number of nitrogens with zero attached hydrogens (tertiary/aromatic N) is 1. The average Bonchev–Trinajstić information content (AvgIpc) is 3.47. The van der Waals surface area contributed by atoms with Crippen molar-refractivity contribution in [3.63, 3.8) is 0 Å². The fourth-order valence-corrected chi connectivity index (χ4v) is 6.24. The van der Waals surface area contributed by atoms with Gasteiger partial charge < -0.3 is 23.8 Å². The van der Waals surface area contributed by atoms with Crippen molar-refractivity contribution in [2.45, 2.75) is 57.9 Å². The molecule has 0 saturated heterocycles. The molecule has 10 nitrogen and oxygen atoms in total. The summed E-state index contributed by atoms with van der Waals surface area (Å²) in [4.78, 5) is 62.8. The summed E-state index contributed by atoms with van der Waals surface area (Å²) in [6, 6.07) is 24.0. The normalized spacial score (nSPS) is 11.6. The molecule has 1 amide bonds. The molecule has 0 N–H and O–H groups in total. The number of anilines is 1. The number of hydrogen-bond donors (Lipinski definition) is 0. The smallest absolute Gasteiger partial charge is 0.338 e. The zero-order valence-corrected chi connectivity index (χ0v) is 30.4. The van der Waals surface area contributed by atoms with Gasteiger partial charge in [0.2, 0.25) is 0 Å². The lowest BCUT2D eigenvalue weighted by molar-refractivity contribution is -0.138. The van der Waals surface area contributed by atoms with Gasteiger partial charge in [-0.15, -0.1) is 0 Å². The van der Waals surface area contributed by atoms with E-state index in [0.717, 1.165) is 90.2 Å². The standard InChI is InChI=1S/C44H45NO9/c1-3-39(46)51-26-9-5-7-11-28-53-43(49)33-18-16-31(17-19-33)30-45-38-25-24-35(36-14-13-15-37(41(36)38)42(45)48)32-20-22-34(23-21-32)44(50)54-29-12-8-6-10-27-52-40(47)4-2/h3-4,13-25H,1-2,5-12,26-30H2. The minimum absolute atomic E-state index is 0.0932. The fraction of sp³-hybridized carbons (Fsp3) is 0.295. The number of rotatable bonds is 21. The van der Waals surface area contributed by atoms with Gasteiger partial charge >= 0.3 is 23.9 Å². The van der Waals surface area contributed by atoms with Gasteiger partial charge in [0.05, 0.1) is 49.8 Å². The predicted octanol–water partition coefficient (Wildman–Crippen LogP) is 8.56. The molecule has 10 heteroatoms. The highest BCUT2D eigenvalue weighted by molar-refractivity contribution is 6.26. The number of hydrogen-bond acceptors (Lipinski definition) is 9. The molecule has 1 aliphatic heterocycles. The molecule has 1 heterocycles. The van der Waals surface area contributed by atoms with Crippen molar-refractivity contribution in [2.75, 3.05) is 31.3 Å². The van der Waals surface area contributed by atoms with Crippen LogP contribution in [0.1, 0.15) is 88.0 Å². The molecule has 0 fully saturated rings. The quantitative estimate of drug-likeness (QED) is 0.0359. The van der Waals surface area contributed by atoms with E-state index >= 15 is 0 Å². The van der Waals surface area contributed by atoms with Crippen molar-refractivity contribution < 1.29 is 42.9 Å². The van der Waals surface area contributed by atoms with Gasteiger partial charge in [0, 0.05) is 23.1 Å². The molecule has 0 unspecified atom stereocenters. The van der Waals surface area contributed by atoms with Crippen LogP contribution in [-0.2, 0) is 35.1 Å². The van der Waals surface area contributed by atoms with Crippen molar-refractivity contribution in [2.24, 2.45) is 0 Å². The first-order chi connectivity index (χ1) is 26.3. The molecular formula is C44H45NO9. The second-order valence-corrected chi connectivity index (χ2v) is 12.9. The highest BCUT2D eigenvalue weighted by Crippen LogP contribution is 2.42. The first-order valence-corrected chi connectivity index (χ1v) is 18.3. The monoisotopic (exact) mass is 731 g/mol. The van der Waals surface area contributed by atoms with Crippen LogP contribution in [0.4, 0.5) is 5.69 Å². The third kappa shape index (κ3) is 10.3. The summed E-state index contributed by atoms with van der Waals surface area (Å²) in [5.41, 5.74) is 5.06. The van der Waals surface area contributed by atoms with Gasteiger partial charge in [0.25, 0.3) is 5.91 Å². The Morgan fingerprint density at radius 1 is 0.556 bits per heavy atom. The largest absolute Gasteiger partial charge is 0.463 e. The lowest BCUT2D eigenvalue weighted by Crippen LogP contribution is -2.26. The Morgan fingerprint density at radius 2 is 1.06 bits per heavy atom. The van der Waals surface area contributed by atoms with Gasteiger partial charge in [0.15, 0.2) is 0 Å². The minimum Gasteiger partial charge on any atom is -0.463 e. The SMILES string of the molecule is C=CC(=O)OCCCCCCOC(=O)c1ccc(CN2C(=O)c3cccc4c(-c5ccc(C(=O)OCCCCCCOC(=O)C=C)cc5)ccc2c34)cc1. The van der Waals surface area contributed by atoms with Gasteiger partial charge in [-0.05, 0) is 110 Å². The predicted molar refractivity (Wildman–Crippen MR) is 206 cm³/mol. The van der Waals surface area contributed by atoms with E-state index in [-0.39, 0.29) is 11.9 Å². The van der Waals surface area contributed by atoms with Crippen LogP contribution in [0.2, 0.25) is 0 Å². The van der Waals surface area contributed by atoms with Crippen molar-refractivity contribution in [3.05, 3.63) is 126 Å². The van der Waals surface area contributed by atoms with E-state index < -0.39 is 17.9 Å². The summed E-state index contributed by atoms with van der Waals surface area (Å²) >= 11 is 0. The first-order valence-electron chi connectivity index (χ1n) is 18.3. The third-order valence-electron chi connectivity index (χ3n) is 9.11. The summed E-state index contributed by atoms with van der Waals surface area (Å²) in [7, 11) is 0. The second kappa shape index (κ2) is 19.7. The molecule has 5 rings (SSSR count). The molecule has 0 radical (unpaired) electrons. The fourth-order valence-electron chi connectivity index (χ4n) is 6.24. The summed E-state index contributed by atoms with van der Waals surface area (Å²) in [5.74, 6) is -1.73. The van der Waals surface area contributed by atoms with E-state index in [9.17, 15) is 24.0 Å². The number of amides is 1. The van der Waals surface area contributed by atoms with E-state index in [0.29, 0.717) is 56.1 Å². The van der Waals surface area contributed by atoms with Crippen LogP contribution in [0.3, 0.4) is 0 Å². The Balaban J connectivity index is 1.13. The van der Waals surface area contributed by atoms with E-state index in [2.05, 4.69) is 13.2 Å². The molecule has 0 aliphatic carbocycles. The molecule has 1 aliphatic rings. The Bertz CT molecular complexity index is 1980. The van der Waals surface area contributed by atoms with Crippen molar-refractivity contribution >= 4 is 46.2 Å². The first kappa shape index (κ1) is 39.2. The molecule has 4 aromatic rings. The molecular weight excluding hydrogens is 686 g/mol. The Labute approximate surface area is 315 Å². The van der Waals surface area contributed by atoms with Crippen LogP contribution in [0.5, 0.6) is 0 Å². The molecule has 0 atom stereocenters. The molecule has 280 valence electrons. The lowest BCUT2D eigenvalue weighted by Gasteiger charge is -2.18. The minimum atomic E-state index is -0.427. The van der Waals surface area contributed by atoms with E-state index in [1.54, 1.807) is 29.2 Å². The number of ether oxygens (including phenoxy) is 4. The number of unbranched alkanes of at least 4 members (excludes halogenated alkanes) is 6. The molecule has 0 aromatic heterocycles. The maximum atomic E-state index is 13.7. The topological polar surface area (TPSA) is 126 Å². The van der Waals surface area contributed by atoms with Crippen molar-refractivity contribution in [3.8, 4) is 11.1 Å². The van der Waals surface area contributed by atoms with Gasteiger partial charge in [-0.2, -0.15) is 0 Å². The summed E-state index contributed by atoms with van der Waals surface area (Å²) in [5, 5.41) is 1.81. The van der Waals surface area contributed by atoms with E-state index in [1.807, 2.05) is 54.6 Å². The number of esters is 4. The lowest BCUT2D eigenvalue weighted by atomic mass is 9.95. The van der Waals surface area contributed by atoms with Crippen LogP contribution < -0.4 is 4.90 Å². The Kier molecular flexibility index (Phi) is 14.3. The van der Waals surface area contributed by atoms with E-state index in [4.69, 9.17) is 18.9 Å². The molecule has 0 spiro atoms. The van der Waals surface area contributed by atoms with Crippen molar-refractivity contribution in [1.29, 1.82) is 0 Å². The maximum Gasteiger partial charge on any atom is 0.338 e. The number of benzene rings is 4. The van der Waals surface area contributed by atoms with Crippen molar-refractivity contribution in [1.82, 2.24) is 0 Å². The summed E-state index contributed by atoms with van der Waals surface area (Å²) < 4.78 is 20.8. The van der Waals surface area contributed by atoms with Gasteiger partial charge in [-0.25, -0.2) is 19.2 Å². The molecule has 4 aromatic carbocycles. The van der Waals surface area contributed by atoms with Crippen LogP contribution in [-0.4, -0.2) is 56.2 Å². The van der Waals surface area contributed by atoms with E-state index in [1.165, 1.54) is 0 Å². The highest BCUT2D eigenvalue weighted by atomic mass is 16.5. The van der Waals surface area contributed by atoms with Crippen LogP contribution in [0.15, 0.2) is 104 Å². The maximum absolute atomic E-state index is 13.7. The van der Waals surface area contributed by atoms with Gasteiger partial charge in [-0.1, -0.05) is 55.6 Å². The van der Waals surface area contributed by atoms with Crippen LogP contribution in [0.25, 0.3) is 21.9 Å². The van der Waals surface area contributed by atoms with Gasteiger partial charge in [0.1, 0.15) is 0 Å². The highest BCUT2D eigenvalue weighted by Gasteiger charge is 2.30. The summed E-state index contributed by atoms with van der Waals surface area (Å²) in [6.45, 7) is 8.38. The Morgan fingerprint density at radius 3 is 1.57 bits per heavy atom. The Hall–Kier alpha value is -6.03. The molecule has 54 heavy (non-hydrogen) atoms. The number of carbonyl (C=O) groups is 5. The molecule has 0 bridgehead atoms.